The molecule has 0 atom stereocenters. The molecule has 1 saturated carbocycles. The van der Waals surface area contributed by atoms with Crippen molar-refractivity contribution in [1.82, 2.24) is 19.7 Å². The highest BCUT2D eigenvalue weighted by molar-refractivity contribution is 7.98. The standard InChI is InChI=1S/C23H21ClN4O2S/c24-18-12-6-4-10-16(18)21-27-26-20(30-21)14-31-23-25-19-13-7-5-11-17(19)22(29)28(23)15-8-2-1-3-9-15/h4-7,10-13,15H,1-3,8-9,14H2. The molecule has 1 aliphatic carbocycles. The molecule has 5 rings (SSSR count). The highest BCUT2D eigenvalue weighted by Crippen LogP contribution is 2.32. The molecule has 6 nitrogen and oxygen atoms in total. The quantitative estimate of drug-likeness (QED) is 0.277. The number of benzene rings is 2. The van der Waals surface area contributed by atoms with Gasteiger partial charge in [0.15, 0.2) is 5.16 Å². The van der Waals surface area contributed by atoms with Crippen molar-refractivity contribution >= 4 is 34.3 Å². The number of hydrogen-bond donors (Lipinski definition) is 0. The highest BCUT2D eigenvalue weighted by atomic mass is 35.5. The van der Waals surface area contributed by atoms with Gasteiger partial charge in [-0.05, 0) is 37.1 Å². The minimum absolute atomic E-state index is 0.0299. The van der Waals surface area contributed by atoms with Gasteiger partial charge in [0, 0.05) is 6.04 Å². The van der Waals surface area contributed by atoms with Gasteiger partial charge >= 0.3 is 0 Å². The fraction of sp³-hybridized carbons (Fsp3) is 0.304. The molecule has 2 aromatic carbocycles. The third kappa shape index (κ3) is 4.12. The molecule has 0 unspecified atom stereocenters. The number of aromatic nitrogens is 4. The van der Waals surface area contributed by atoms with Crippen molar-refractivity contribution in [3.63, 3.8) is 0 Å². The van der Waals surface area contributed by atoms with Gasteiger partial charge in [0.25, 0.3) is 5.56 Å². The molecule has 31 heavy (non-hydrogen) atoms. The van der Waals surface area contributed by atoms with Crippen LogP contribution in [0.15, 0.2) is 62.9 Å². The lowest BCUT2D eigenvalue weighted by molar-refractivity contribution is 0.326. The van der Waals surface area contributed by atoms with Gasteiger partial charge in [-0.3, -0.25) is 9.36 Å². The number of halogens is 1. The third-order valence-corrected chi connectivity index (χ3v) is 6.88. The Morgan fingerprint density at radius 2 is 1.81 bits per heavy atom. The largest absolute Gasteiger partial charge is 0.420 e. The molecule has 0 spiro atoms. The second-order valence-corrected chi connectivity index (χ2v) is 9.00. The van der Waals surface area contributed by atoms with Crippen molar-refractivity contribution < 1.29 is 4.42 Å². The van der Waals surface area contributed by atoms with Crippen LogP contribution in [0, 0.1) is 0 Å². The topological polar surface area (TPSA) is 73.8 Å². The Balaban J connectivity index is 1.46. The summed E-state index contributed by atoms with van der Waals surface area (Å²) >= 11 is 7.70. The van der Waals surface area contributed by atoms with Crippen LogP contribution in [0.4, 0.5) is 0 Å². The highest BCUT2D eigenvalue weighted by Gasteiger charge is 2.22. The average Bonchev–Trinajstić information content (AvgIpc) is 3.27. The second kappa shape index (κ2) is 8.85. The molecular formula is C23H21ClN4O2S. The minimum Gasteiger partial charge on any atom is -0.420 e. The van der Waals surface area contributed by atoms with Crippen molar-refractivity contribution in [2.75, 3.05) is 0 Å². The van der Waals surface area contributed by atoms with E-state index < -0.39 is 0 Å². The summed E-state index contributed by atoms with van der Waals surface area (Å²) in [5.41, 5.74) is 1.45. The van der Waals surface area contributed by atoms with Crippen LogP contribution in [0.5, 0.6) is 0 Å². The summed E-state index contributed by atoms with van der Waals surface area (Å²) in [6.07, 6.45) is 5.51. The molecule has 158 valence electrons. The van der Waals surface area contributed by atoms with Gasteiger partial charge in [-0.1, -0.05) is 66.9 Å². The second-order valence-electron chi connectivity index (χ2n) is 7.65. The zero-order chi connectivity index (χ0) is 21.2. The number of rotatable bonds is 5. The van der Waals surface area contributed by atoms with Crippen LogP contribution in [0.2, 0.25) is 5.02 Å². The lowest BCUT2D eigenvalue weighted by Gasteiger charge is -2.26. The normalized spacial score (nSPS) is 14.9. The van der Waals surface area contributed by atoms with E-state index in [2.05, 4.69) is 10.2 Å². The predicted molar refractivity (Wildman–Crippen MR) is 122 cm³/mol. The molecule has 0 saturated heterocycles. The number of hydrogen-bond acceptors (Lipinski definition) is 6. The minimum atomic E-state index is 0.0299. The summed E-state index contributed by atoms with van der Waals surface area (Å²) in [5.74, 6) is 1.28. The Morgan fingerprint density at radius 1 is 1.03 bits per heavy atom. The van der Waals surface area contributed by atoms with Crippen LogP contribution in [0.3, 0.4) is 0 Å². The van der Waals surface area contributed by atoms with Crippen LogP contribution in [0.25, 0.3) is 22.4 Å². The number of fused-ring (bicyclic) bond motifs is 1. The maximum atomic E-state index is 13.3. The van der Waals surface area contributed by atoms with E-state index in [-0.39, 0.29) is 11.6 Å². The van der Waals surface area contributed by atoms with E-state index in [1.54, 1.807) is 6.07 Å². The zero-order valence-corrected chi connectivity index (χ0v) is 18.4. The molecule has 2 aromatic heterocycles. The van der Waals surface area contributed by atoms with Gasteiger partial charge in [0.1, 0.15) is 0 Å². The van der Waals surface area contributed by atoms with Crippen molar-refractivity contribution in [3.8, 4) is 11.5 Å². The summed E-state index contributed by atoms with van der Waals surface area (Å²) in [6.45, 7) is 0. The Morgan fingerprint density at radius 3 is 2.65 bits per heavy atom. The molecule has 0 amide bonds. The Bertz CT molecular complexity index is 1280. The smallest absolute Gasteiger partial charge is 0.262 e. The van der Waals surface area contributed by atoms with E-state index in [0.29, 0.717) is 44.2 Å². The predicted octanol–water partition coefficient (Wildman–Crippen LogP) is 5.90. The molecule has 0 bridgehead atoms. The van der Waals surface area contributed by atoms with E-state index in [4.69, 9.17) is 21.0 Å². The lowest BCUT2D eigenvalue weighted by atomic mass is 9.95. The first-order valence-corrected chi connectivity index (χ1v) is 11.8. The number of thioether (sulfide) groups is 1. The maximum absolute atomic E-state index is 13.3. The fourth-order valence-electron chi connectivity index (χ4n) is 4.07. The summed E-state index contributed by atoms with van der Waals surface area (Å²) in [4.78, 5) is 18.2. The fourth-order valence-corrected chi connectivity index (χ4v) is 5.19. The van der Waals surface area contributed by atoms with E-state index in [9.17, 15) is 4.79 Å². The number of nitrogens with zero attached hydrogens (tertiary/aromatic N) is 4. The van der Waals surface area contributed by atoms with Gasteiger partial charge in [-0.2, -0.15) is 0 Å². The molecule has 1 fully saturated rings. The maximum Gasteiger partial charge on any atom is 0.262 e. The molecule has 8 heteroatoms. The molecule has 1 aliphatic rings. The van der Waals surface area contributed by atoms with Crippen LogP contribution < -0.4 is 5.56 Å². The summed E-state index contributed by atoms with van der Waals surface area (Å²) < 4.78 is 7.72. The van der Waals surface area contributed by atoms with Crippen molar-refractivity contribution in [1.29, 1.82) is 0 Å². The van der Waals surface area contributed by atoms with Gasteiger partial charge in [-0.25, -0.2) is 4.98 Å². The summed E-state index contributed by atoms with van der Waals surface area (Å²) in [6, 6.07) is 15.1. The average molecular weight is 453 g/mol. The van der Waals surface area contributed by atoms with Gasteiger partial charge in [0.05, 0.1) is 27.2 Å². The first-order chi connectivity index (χ1) is 15.2. The monoisotopic (exact) mass is 452 g/mol. The summed E-state index contributed by atoms with van der Waals surface area (Å²) in [5, 5.41) is 10.2. The van der Waals surface area contributed by atoms with Crippen molar-refractivity contribution in [3.05, 3.63) is 69.8 Å². The Hall–Kier alpha value is -2.64. The van der Waals surface area contributed by atoms with Gasteiger partial charge < -0.3 is 4.42 Å². The Kier molecular flexibility index (Phi) is 5.78. The molecular weight excluding hydrogens is 432 g/mol. The van der Waals surface area contributed by atoms with E-state index >= 15 is 0 Å². The Labute approximate surface area is 188 Å². The van der Waals surface area contributed by atoms with Crippen LogP contribution in [-0.4, -0.2) is 19.7 Å². The third-order valence-electron chi connectivity index (χ3n) is 5.61. The van der Waals surface area contributed by atoms with E-state index in [1.807, 2.05) is 47.0 Å². The van der Waals surface area contributed by atoms with Crippen LogP contribution in [-0.2, 0) is 5.75 Å². The van der Waals surface area contributed by atoms with Gasteiger partial charge in [0.2, 0.25) is 11.8 Å². The molecule has 4 aromatic rings. The summed E-state index contributed by atoms with van der Waals surface area (Å²) in [7, 11) is 0. The molecule has 0 N–H and O–H groups in total. The number of para-hydroxylation sites is 1. The SMILES string of the molecule is O=c1c2ccccc2nc(SCc2nnc(-c3ccccc3Cl)o2)n1C1CCCCC1. The lowest BCUT2D eigenvalue weighted by Crippen LogP contribution is -2.29. The van der Waals surface area contributed by atoms with Crippen LogP contribution in [0.1, 0.15) is 44.0 Å². The van der Waals surface area contributed by atoms with E-state index in [1.165, 1.54) is 18.2 Å². The van der Waals surface area contributed by atoms with Crippen molar-refractivity contribution in [2.45, 2.75) is 49.1 Å². The molecule has 2 heterocycles. The first kappa shape index (κ1) is 20.3. The molecule has 0 radical (unpaired) electrons. The van der Waals surface area contributed by atoms with Crippen LogP contribution >= 0.6 is 23.4 Å². The van der Waals surface area contributed by atoms with Crippen molar-refractivity contribution in [2.24, 2.45) is 0 Å². The van der Waals surface area contributed by atoms with E-state index in [0.717, 1.165) is 25.7 Å². The first-order valence-electron chi connectivity index (χ1n) is 10.4. The zero-order valence-electron chi connectivity index (χ0n) is 16.8. The van der Waals surface area contributed by atoms with Gasteiger partial charge in [-0.15, -0.1) is 10.2 Å². The molecule has 0 aliphatic heterocycles.